The average Bonchev–Trinajstić information content (AvgIpc) is 2.91. The lowest BCUT2D eigenvalue weighted by Crippen LogP contribution is -2.19. The molecule has 0 aliphatic carbocycles. The number of rotatable bonds is 6. The summed E-state index contributed by atoms with van der Waals surface area (Å²) in [7, 11) is 3.22. The van der Waals surface area contributed by atoms with Crippen LogP contribution in [0.3, 0.4) is 0 Å². The van der Waals surface area contributed by atoms with E-state index in [2.05, 4.69) is 10.1 Å². The SMILES string of the molecule is CCn1ncc(OC)c1C(N)Cc1ccc(OC)nc1. The van der Waals surface area contributed by atoms with E-state index in [9.17, 15) is 0 Å². The highest BCUT2D eigenvalue weighted by molar-refractivity contribution is 5.30. The number of hydrogen-bond acceptors (Lipinski definition) is 5. The van der Waals surface area contributed by atoms with Crippen LogP contribution in [0, 0.1) is 0 Å². The zero-order valence-electron chi connectivity index (χ0n) is 12.0. The average molecular weight is 276 g/mol. The maximum atomic E-state index is 6.29. The van der Waals surface area contributed by atoms with Crippen molar-refractivity contribution in [1.29, 1.82) is 0 Å². The number of aryl methyl sites for hydroxylation is 1. The minimum Gasteiger partial charge on any atom is -0.493 e. The first-order valence-electron chi connectivity index (χ1n) is 6.53. The van der Waals surface area contributed by atoms with E-state index in [1.165, 1.54) is 0 Å². The fourth-order valence-electron chi connectivity index (χ4n) is 2.16. The van der Waals surface area contributed by atoms with E-state index < -0.39 is 0 Å². The second-order valence-electron chi connectivity index (χ2n) is 4.43. The van der Waals surface area contributed by atoms with Crippen LogP contribution >= 0.6 is 0 Å². The van der Waals surface area contributed by atoms with Gasteiger partial charge in [0.1, 0.15) is 0 Å². The fraction of sp³-hybridized carbons (Fsp3) is 0.429. The summed E-state index contributed by atoms with van der Waals surface area (Å²) in [4.78, 5) is 4.19. The molecule has 2 aromatic rings. The van der Waals surface area contributed by atoms with Gasteiger partial charge in [0.25, 0.3) is 0 Å². The fourth-order valence-corrected chi connectivity index (χ4v) is 2.16. The first-order valence-corrected chi connectivity index (χ1v) is 6.53. The van der Waals surface area contributed by atoms with Crippen molar-refractivity contribution in [2.45, 2.75) is 25.9 Å². The normalized spacial score (nSPS) is 12.2. The molecule has 0 saturated carbocycles. The van der Waals surface area contributed by atoms with E-state index in [4.69, 9.17) is 15.2 Å². The maximum Gasteiger partial charge on any atom is 0.212 e. The van der Waals surface area contributed by atoms with Gasteiger partial charge in [0.05, 0.1) is 32.2 Å². The van der Waals surface area contributed by atoms with E-state index in [0.29, 0.717) is 12.3 Å². The molecule has 0 radical (unpaired) electrons. The Morgan fingerprint density at radius 3 is 2.60 bits per heavy atom. The van der Waals surface area contributed by atoms with Crippen LogP contribution in [0.2, 0.25) is 0 Å². The van der Waals surface area contributed by atoms with Crippen LogP contribution in [-0.4, -0.2) is 29.0 Å². The van der Waals surface area contributed by atoms with Gasteiger partial charge >= 0.3 is 0 Å². The van der Waals surface area contributed by atoms with Crippen molar-refractivity contribution in [1.82, 2.24) is 14.8 Å². The Morgan fingerprint density at radius 2 is 2.05 bits per heavy atom. The lowest BCUT2D eigenvalue weighted by Gasteiger charge is -2.15. The van der Waals surface area contributed by atoms with Gasteiger partial charge in [-0.1, -0.05) is 6.07 Å². The Hall–Kier alpha value is -2.08. The van der Waals surface area contributed by atoms with Crippen LogP contribution in [0.5, 0.6) is 11.6 Å². The smallest absolute Gasteiger partial charge is 0.212 e. The van der Waals surface area contributed by atoms with Crippen LogP contribution in [0.15, 0.2) is 24.5 Å². The van der Waals surface area contributed by atoms with Gasteiger partial charge in [-0.25, -0.2) is 4.98 Å². The van der Waals surface area contributed by atoms with Gasteiger partial charge in [0.2, 0.25) is 5.88 Å². The summed E-state index contributed by atoms with van der Waals surface area (Å²) in [5, 5.41) is 4.27. The molecule has 108 valence electrons. The number of pyridine rings is 1. The number of nitrogens with two attached hydrogens (primary N) is 1. The number of methoxy groups -OCH3 is 2. The molecule has 2 N–H and O–H groups in total. The third-order valence-corrected chi connectivity index (χ3v) is 3.18. The first kappa shape index (κ1) is 14.3. The van der Waals surface area contributed by atoms with Gasteiger partial charge in [-0.15, -0.1) is 0 Å². The molecule has 0 amide bonds. The molecule has 2 rings (SSSR count). The first-order chi connectivity index (χ1) is 9.69. The summed E-state index contributed by atoms with van der Waals surface area (Å²) in [6, 6.07) is 3.60. The predicted molar refractivity (Wildman–Crippen MR) is 75.9 cm³/mol. The Bertz CT molecular complexity index is 529. The Morgan fingerprint density at radius 1 is 1.25 bits per heavy atom. The highest BCUT2D eigenvalue weighted by Gasteiger charge is 2.18. The van der Waals surface area contributed by atoms with E-state index in [-0.39, 0.29) is 6.04 Å². The van der Waals surface area contributed by atoms with Crippen LogP contribution in [0.1, 0.15) is 24.2 Å². The quantitative estimate of drug-likeness (QED) is 0.866. The molecule has 0 fully saturated rings. The molecule has 0 saturated heterocycles. The lowest BCUT2D eigenvalue weighted by atomic mass is 10.1. The third-order valence-electron chi connectivity index (χ3n) is 3.18. The number of nitrogens with zero attached hydrogens (tertiary/aromatic N) is 3. The van der Waals surface area contributed by atoms with E-state index in [1.54, 1.807) is 26.6 Å². The number of ether oxygens (including phenoxy) is 2. The highest BCUT2D eigenvalue weighted by atomic mass is 16.5. The number of aromatic nitrogens is 3. The van der Waals surface area contributed by atoms with Gasteiger partial charge in [0, 0.05) is 18.8 Å². The summed E-state index contributed by atoms with van der Waals surface area (Å²) in [6.45, 7) is 2.78. The van der Waals surface area contributed by atoms with Crippen molar-refractivity contribution >= 4 is 0 Å². The van der Waals surface area contributed by atoms with Crippen LogP contribution < -0.4 is 15.2 Å². The number of hydrogen-bond donors (Lipinski definition) is 1. The summed E-state index contributed by atoms with van der Waals surface area (Å²) in [5.74, 6) is 1.32. The monoisotopic (exact) mass is 276 g/mol. The van der Waals surface area contributed by atoms with Crippen molar-refractivity contribution in [3.05, 3.63) is 35.8 Å². The molecule has 6 nitrogen and oxygen atoms in total. The van der Waals surface area contributed by atoms with Gasteiger partial charge in [-0.3, -0.25) is 4.68 Å². The molecule has 2 aromatic heterocycles. The molecule has 20 heavy (non-hydrogen) atoms. The predicted octanol–water partition coefficient (Wildman–Crippen LogP) is 1.56. The minimum atomic E-state index is -0.192. The van der Waals surface area contributed by atoms with Gasteiger partial charge < -0.3 is 15.2 Å². The topological polar surface area (TPSA) is 75.2 Å². The molecular formula is C14H20N4O2. The zero-order chi connectivity index (χ0) is 14.5. The molecule has 6 heteroatoms. The van der Waals surface area contributed by atoms with E-state index in [1.807, 2.05) is 23.7 Å². The largest absolute Gasteiger partial charge is 0.493 e. The Balaban J connectivity index is 2.18. The van der Waals surface area contributed by atoms with E-state index in [0.717, 1.165) is 23.6 Å². The summed E-state index contributed by atoms with van der Waals surface area (Å²) < 4.78 is 12.2. The molecule has 0 aromatic carbocycles. The van der Waals surface area contributed by atoms with Crippen LogP contribution in [0.4, 0.5) is 0 Å². The second kappa shape index (κ2) is 6.38. The summed E-state index contributed by atoms with van der Waals surface area (Å²) in [6.07, 6.45) is 4.14. The second-order valence-corrected chi connectivity index (χ2v) is 4.43. The van der Waals surface area contributed by atoms with Gasteiger partial charge in [-0.05, 0) is 18.9 Å². The summed E-state index contributed by atoms with van der Waals surface area (Å²) in [5.41, 5.74) is 8.25. The maximum absolute atomic E-state index is 6.29. The molecule has 2 heterocycles. The van der Waals surface area contributed by atoms with Crippen molar-refractivity contribution < 1.29 is 9.47 Å². The van der Waals surface area contributed by atoms with Crippen molar-refractivity contribution in [3.8, 4) is 11.6 Å². The molecule has 0 spiro atoms. The molecule has 1 atom stereocenters. The van der Waals surface area contributed by atoms with Crippen molar-refractivity contribution in [3.63, 3.8) is 0 Å². The van der Waals surface area contributed by atoms with Crippen LogP contribution in [0.25, 0.3) is 0 Å². The summed E-state index contributed by atoms with van der Waals surface area (Å²) >= 11 is 0. The van der Waals surface area contributed by atoms with Gasteiger partial charge in [0.15, 0.2) is 5.75 Å². The minimum absolute atomic E-state index is 0.192. The van der Waals surface area contributed by atoms with Gasteiger partial charge in [-0.2, -0.15) is 5.10 Å². The molecule has 0 aliphatic heterocycles. The highest BCUT2D eigenvalue weighted by Crippen LogP contribution is 2.26. The van der Waals surface area contributed by atoms with Crippen molar-refractivity contribution in [2.24, 2.45) is 5.73 Å². The lowest BCUT2D eigenvalue weighted by molar-refractivity contribution is 0.396. The zero-order valence-corrected chi connectivity index (χ0v) is 12.0. The Labute approximate surface area is 118 Å². The van der Waals surface area contributed by atoms with Crippen LogP contribution in [-0.2, 0) is 13.0 Å². The van der Waals surface area contributed by atoms with E-state index >= 15 is 0 Å². The third kappa shape index (κ3) is 2.91. The molecule has 1 unspecified atom stereocenters. The molecule has 0 bridgehead atoms. The Kier molecular flexibility index (Phi) is 4.57. The molecule has 0 aliphatic rings. The molecular weight excluding hydrogens is 256 g/mol. The standard InChI is InChI=1S/C14H20N4O2/c1-4-18-14(12(19-2)9-17-18)11(15)7-10-5-6-13(20-3)16-8-10/h5-6,8-9,11H,4,7,15H2,1-3H3. The van der Waals surface area contributed by atoms with Crippen molar-refractivity contribution in [2.75, 3.05) is 14.2 Å².